The Morgan fingerprint density at radius 3 is 0.889 bits per heavy atom. The first-order valence-electron chi connectivity index (χ1n) is 2.83. The molecular weight excluding hydrogens is 148 g/mol. The van der Waals surface area contributed by atoms with Crippen LogP contribution >= 0.6 is 0 Å². The van der Waals surface area contributed by atoms with E-state index >= 15 is 0 Å². The minimum absolute atomic E-state index is 0. The number of hydrogen-bond acceptors (Lipinski definition) is 2. The van der Waals surface area contributed by atoms with Crippen LogP contribution in [0.3, 0.4) is 0 Å². The van der Waals surface area contributed by atoms with Gasteiger partial charge in [-0.3, -0.25) is 0 Å². The summed E-state index contributed by atoms with van der Waals surface area (Å²) >= 11 is 0. The van der Waals surface area contributed by atoms with Crippen LogP contribution < -0.4 is 11.5 Å². The first-order chi connectivity index (χ1) is 3.25. The summed E-state index contributed by atoms with van der Waals surface area (Å²) in [5.74, 6) is 0. The number of hydrogen-bond donors (Lipinski definition) is 2. The maximum Gasteiger partial charge on any atom is 0.0274 e. The van der Waals surface area contributed by atoms with Gasteiger partial charge in [-0.1, -0.05) is 0 Å². The topological polar surface area (TPSA) is 52.0 Å². The van der Waals surface area contributed by atoms with Crippen molar-refractivity contribution < 1.29 is 21.7 Å². The molecule has 0 aromatic rings. The third kappa shape index (κ3) is 4.09. The summed E-state index contributed by atoms with van der Waals surface area (Å²) in [6, 6.07) is 0. The molecule has 0 rings (SSSR count). The molecule has 0 saturated carbocycles. The van der Waals surface area contributed by atoms with Crippen molar-refractivity contribution in [3.05, 3.63) is 0 Å². The van der Waals surface area contributed by atoms with Crippen molar-refractivity contribution in [1.82, 2.24) is 0 Å². The maximum absolute atomic E-state index is 5.69. The molecule has 0 radical (unpaired) electrons. The Bertz CT molecular complexity index is 66.0. The summed E-state index contributed by atoms with van der Waals surface area (Å²) in [5.41, 5.74) is 10.8. The van der Waals surface area contributed by atoms with Gasteiger partial charge in [-0.2, -0.15) is 0 Å². The van der Waals surface area contributed by atoms with E-state index in [9.17, 15) is 0 Å². The Balaban J connectivity index is 0. The monoisotopic (exact) mass is 164 g/mol. The molecular formula is C6H16N2Ti. The number of nitrogens with two attached hydrogens (primary N) is 2. The van der Waals surface area contributed by atoms with Crippen molar-refractivity contribution in [3.63, 3.8) is 0 Å². The molecule has 4 N–H and O–H groups in total. The average molecular weight is 164 g/mol. The molecule has 0 aliphatic heterocycles. The molecule has 3 heteroatoms. The van der Waals surface area contributed by atoms with Gasteiger partial charge in [0.15, 0.2) is 0 Å². The molecule has 9 heavy (non-hydrogen) atoms. The fourth-order valence-corrected chi connectivity index (χ4v) is 0. The van der Waals surface area contributed by atoms with Gasteiger partial charge in [-0.25, -0.2) is 0 Å². The zero-order valence-electron chi connectivity index (χ0n) is 6.65. The van der Waals surface area contributed by atoms with Gasteiger partial charge in [-0.15, -0.1) is 0 Å². The fraction of sp³-hybridized carbons (Fsp3) is 1.00. The first kappa shape index (κ1) is 12.3. The molecule has 0 aromatic heterocycles. The van der Waals surface area contributed by atoms with E-state index in [0.717, 1.165) is 0 Å². The molecule has 0 spiro atoms. The molecule has 0 atom stereocenters. The fourth-order valence-electron chi connectivity index (χ4n) is 0. The zero-order chi connectivity index (χ0) is 7.00. The van der Waals surface area contributed by atoms with Gasteiger partial charge >= 0.3 is 0 Å². The van der Waals surface area contributed by atoms with Crippen LogP contribution in [-0.4, -0.2) is 11.1 Å². The van der Waals surface area contributed by atoms with Crippen LogP contribution in [0.15, 0.2) is 0 Å². The van der Waals surface area contributed by atoms with Gasteiger partial charge in [0.2, 0.25) is 0 Å². The van der Waals surface area contributed by atoms with Crippen LogP contribution in [0.25, 0.3) is 0 Å². The van der Waals surface area contributed by atoms with Crippen LogP contribution in [0.4, 0.5) is 0 Å². The maximum atomic E-state index is 5.69. The Hall–Kier alpha value is 0.634. The summed E-state index contributed by atoms with van der Waals surface area (Å²) in [5, 5.41) is 0. The summed E-state index contributed by atoms with van der Waals surface area (Å²) in [4.78, 5) is 0. The van der Waals surface area contributed by atoms with E-state index in [-0.39, 0.29) is 32.8 Å². The molecule has 0 amide bonds. The molecule has 2 nitrogen and oxygen atoms in total. The second kappa shape index (κ2) is 3.15. The predicted octanol–water partition coefficient (Wildman–Crippen LogP) is 0.459. The van der Waals surface area contributed by atoms with Crippen LogP contribution in [0.2, 0.25) is 0 Å². The summed E-state index contributed by atoms with van der Waals surface area (Å²) in [6.07, 6.45) is 0. The van der Waals surface area contributed by atoms with Crippen molar-refractivity contribution in [3.8, 4) is 0 Å². The van der Waals surface area contributed by atoms with E-state index in [0.29, 0.717) is 0 Å². The van der Waals surface area contributed by atoms with Gasteiger partial charge in [0.1, 0.15) is 0 Å². The summed E-state index contributed by atoms with van der Waals surface area (Å²) in [7, 11) is 0. The molecule has 0 saturated heterocycles. The standard InChI is InChI=1S/C6H16N2.Ti/c1-5(2,7)6(3,4)8;/h7-8H2,1-4H3;. The van der Waals surface area contributed by atoms with Gasteiger partial charge in [0.25, 0.3) is 0 Å². The van der Waals surface area contributed by atoms with Crippen molar-refractivity contribution in [2.24, 2.45) is 11.5 Å². The Morgan fingerprint density at radius 2 is 0.889 bits per heavy atom. The van der Waals surface area contributed by atoms with E-state index in [1.165, 1.54) is 0 Å². The summed E-state index contributed by atoms with van der Waals surface area (Å²) in [6.45, 7) is 7.69. The SMILES string of the molecule is CC(C)(N)C(C)(C)N.[Ti]. The van der Waals surface area contributed by atoms with Crippen molar-refractivity contribution in [2.75, 3.05) is 0 Å². The molecule has 54 valence electrons. The van der Waals surface area contributed by atoms with Crippen LogP contribution in [0.5, 0.6) is 0 Å². The Kier molecular flexibility index (Phi) is 4.32. The molecule has 0 aliphatic rings. The van der Waals surface area contributed by atoms with E-state index < -0.39 is 0 Å². The van der Waals surface area contributed by atoms with E-state index in [4.69, 9.17) is 11.5 Å². The quantitative estimate of drug-likeness (QED) is 0.553. The van der Waals surface area contributed by atoms with Gasteiger partial charge in [-0.05, 0) is 27.7 Å². The third-order valence-electron chi connectivity index (χ3n) is 1.66. The molecule has 0 fully saturated rings. The van der Waals surface area contributed by atoms with Crippen molar-refractivity contribution in [2.45, 2.75) is 38.8 Å². The Morgan fingerprint density at radius 1 is 0.778 bits per heavy atom. The van der Waals surface area contributed by atoms with Gasteiger partial charge in [0, 0.05) is 32.8 Å². The molecule has 0 heterocycles. The molecule has 0 aromatic carbocycles. The minimum atomic E-state index is -0.285. The van der Waals surface area contributed by atoms with E-state index in [1.807, 2.05) is 27.7 Å². The van der Waals surface area contributed by atoms with Crippen molar-refractivity contribution >= 4 is 0 Å². The van der Waals surface area contributed by atoms with Crippen LogP contribution in [-0.2, 0) is 21.7 Å². The molecule has 0 bridgehead atoms. The van der Waals surface area contributed by atoms with Gasteiger partial charge in [0.05, 0.1) is 0 Å². The van der Waals surface area contributed by atoms with Gasteiger partial charge < -0.3 is 11.5 Å². The predicted molar refractivity (Wildman–Crippen MR) is 36.5 cm³/mol. The van der Waals surface area contributed by atoms with E-state index in [1.54, 1.807) is 0 Å². The smallest absolute Gasteiger partial charge is 0.0274 e. The number of rotatable bonds is 1. The van der Waals surface area contributed by atoms with Crippen LogP contribution in [0.1, 0.15) is 27.7 Å². The van der Waals surface area contributed by atoms with Crippen molar-refractivity contribution in [1.29, 1.82) is 0 Å². The minimum Gasteiger partial charge on any atom is -0.324 e. The zero-order valence-corrected chi connectivity index (χ0v) is 8.22. The molecule has 0 unspecified atom stereocenters. The largest absolute Gasteiger partial charge is 0.324 e. The third-order valence-corrected chi connectivity index (χ3v) is 1.66. The van der Waals surface area contributed by atoms with Crippen LogP contribution in [0, 0.1) is 0 Å². The molecule has 0 aliphatic carbocycles. The second-order valence-corrected chi connectivity index (χ2v) is 3.44. The normalized spacial score (nSPS) is 12.7. The average Bonchev–Trinajstić information content (AvgIpc) is 1.25. The van der Waals surface area contributed by atoms with E-state index in [2.05, 4.69) is 0 Å². The summed E-state index contributed by atoms with van der Waals surface area (Å²) < 4.78 is 0. The second-order valence-electron chi connectivity index (χ2n) is 3.44. The Labute approximate surface area is 72.2 Å². The first-order valence-corrected chi connectivity index (χ1v) is 2.83.